The second-order valence-electron chi connectivity index (χ2n) is 6.01. The highest BCUT2D eigenvalue weighted by Crippen LogP contribution is 2.27. The average Bonchev–Trinajstić information content (AvgIpc) is 2.88. The van der Waals surface area contributed by atoms with E-state index in [-0.39, 0.29) is 0 Å². The maximum atomic E-state index is 3.52. The van der Waals surface area contributed by atoms with Gasteiger partial charge in [0, 0.05) is 18.6 Å². The fourth-order valence-corrected chi connectivity index (χ4v) is 3.23. The predicted octanol–water partition coefficient (Wildman–Crippen LogP) is 2.64. The van der Waals surface area contributed by atoms with E-state index in [4.69, 9.17) is 0 Å². The molecule has 2 heteroatoms. The quantitative estimate of drug-likeness (QED) is 0.772. The highest BCUT2D eigenvalue weighted by Gasteiger charge is 2.29. The molecule has 2 rings (SSSR count). The molecule has 16 heavy (non-hydrogen) atoms. The van der Waals surface area contributed by atoms with Crippen LogP contribution in [0.5, 0.6) is 0 Å². The topological polar surface area (TPSA) is 15.3 Å². The zero-order valence-electron chi connectivity index (χ0n) is 11.0. The van der Waals surface area contributed by atoms with Crippen LogP contribution in [0.2, 0.25) is 0 Å². The maximum Gasteiger partial charge on any atom is 0.0235 e. The molecule has 0 amide bonds. The molecular weight excluding hydrogens is 196 g/mol. The van der Waals surface area contributed by atoms with Crippen molar-refractivity contribution < 1.29 is 0 Å². The minimum Gasteiger partial charge on any atom is -0.315 e. The second-order valence-corrected chi connectivity index (χ2v) is 6.01. The van der Waals surface area contributed by atoms with Crippen molar-refractivity contribution in [3.05, 3.63) is 0 Å². The molecule has 1 heterocycles. The van der Waals surface area contributed by atoms with Crippen molar-refractivity contribution >= 4 is 0 Å². The van der Waals surface area contributed by atoms with Gasteiger partial charge in [-0.1, -0.05) is 26.7 Å². The molecule has 1 N–H and O–H groups in total. The lowest BCUT2D eigenvalue weighted by atomic mass is 10.1. The smallest absolute Gasteiger partial charge is 0.0235 e. The first-order valence-electron chi connectivity index (χ1n) is 7.24. The maximum absolute atomic E-state index is 3.52. The molecule has 94 valence electrons. The Bertz CT molecular complexity index is 175. The fourth-order valence-electron chi connectivity index (χ4n) is 3.23. The van der Waals surface area contributed by atoms with Gasteiger partial charge in [0.2, 0.25) is 0 Å². The van der Waals surface area contributed by atoms with Crippen molar-refractivity contribution in [2.24, 2.45) is 5.92 Å². The zero-order valence-corrected chi connectivity index (χ0v) is 11.0. The first kappa shape index (κ1) is 12.4. The van der Waals surface area contributed by atoms with Crippen molar-refractivity contribution in [2.45, 2.75) is 64.5 Å². The van der Waals surface area contributed by atoms with Crippen LogP contribution in [0.3, 0.4) is 0 Å². The SMILES string of the molecule is CC(C)CCN(C1CCCC1)C1CCNC1. The molecule has 2 aliphatic rings. The van der Waals surface area contributed by atoms with E-state index in [0.717, 1.165) is 18.0 Å². The van der Waals surface area contributed by atoms with Gasteiger partial charge in [0.05, 0.1) is 0 Å². The summed E-state index contributed by atoms with van der Waals surface area (Å²) in [7, 11) is 0. The lowest BCUT2D eigenvalue weighted by molar-refractivity contribution is 0.137. The monoisotopic (exact) mass is 224 g/mol. The molecule has 1 unspecified atom stereocenters. The van der Waals surface area contributed by atoms with Crippen molar-refractivity contribution in [2.75, 3.05) is 19.6 Å². The van der Waals surface area contributed by atoms with Gasteiger partial charge in [-0.3, -0.25) is 4.90 Å². The Kier molecular flexibility index (Phi) is 4.66. The average molecular weight is 224 g/mol. The highest BCUT2D eigenvalue weighted by atomic mass is 15.2. The van der Waals surface area contributed by atoms with E-state index in [0.29, 0.717) is 0 Å². The third kappa shape index (κ3) is 3.21. The van der Waals surface area contributed by atoms with E-state index in [2.05, 4.69) is 24.1 Å². The molecular formula is C14H28N2. The Labute approximate surface area is 101 Å². The number of hydrogen-bond acceptors (Lipinski definition) is 2. The van der Waals surface area contributed by atoms with Crippen molar-refractivity contribution in [3.63, 3.8) is 0 Å². The van der Waals surface area contributed by atoms with Gasteiger partial charge < -0.3 is 5.32 Å². The second kappa shape index (κ2) is 6.02. The molecule has 1 atom stereocenters. The van der Waals surface area contributed by atoms with Crippen LogP contribution in [0.4, 0.5) is 0 Å². The standard InChI is InChI=1S/C14H28N2/c1-12(2)8-10-16(13-5-3-4-6-13)14-7-9-15-11-14/h12-15H,3-11H2,1-2H3. The van der Waals surface area contributed by atoms with Gasteiger partial charge in [0.15, 0.2) is 0 Å². The molecule has 1 saturated heterocycles. The zero-order chi connectivity index (χ0) is 11.4. The van der Waals surface area contributed by atoms with E-state index in [1.807, 2.05) is 0 Å². The Balaban J connectivity index is 1.88. The summed E-state index contributed by atoms with van der Waals surface area (Å²) in [5, 5.41) is 3.52. The van der Waals surface area contributed by atoms with Gasteiger partial charge in [-0.15, -0.1) is 0 Å². The Morgan fingerprint density at radius 2 is 1.88 bits per heavy atom. The largest absolute Gasteiger partial charge is 0.315 e. The Morgan fingerprint density at radius 1 is 1.12 bits per heavy atom. The summed E-state index contributed by atoms with van der Waals surface area (Å²) in [6.07, 6.45) is 8.57. The van der Waals surface area contributed by atoms with Gasteiger partial charge in [0.1, 0.15) is 0 Å². The number of rotatable bonds is 5. The molecule has 0 aromatic carbocycles. The van der Waals surface area contributed by atoms with Gasteiger partial charge in [-0.25, -0.2) is 0 Å². The molecule has 0 radical (unpaired) electrons. The molecule has 0 aromatic rings. The summed E-state index contributed by atoms with van der Waals surface area (Å²) >= 11 is 0. The van der Waals surface area contributed by atoms with Gasteiger partial charge in [-0.2, -0.15) is 0 Å². The van der Waals surface area contributed by atoms with Crippen molar-refractivity contribution in [3.8, 4) is 0 Å². The molecule has 2 nitrogen and oxygen atoms in total. The lowest BCUT2D eigenvalue weighted by Crippen LogP contribution is -2.44. The first-order valence-corrected chi connectivity index (χ1v) is 7.24. The van der Waals surface area contributed by atoms with Crippen molar-refractivity contribution in [1.29, 1.82) is 0 Å². The van der Waals surface area contributed by atoms with Crippen LogP contribution in [0, 0.1) is 5.92 Å². The number of nitrogens with zero attached hydrogens (tertiary/aromatic N) is 1. The Hall–Kier alpha value is -0.0800. The van der Waals surface area contributed by atoms with Crippen LogP contribution in [0.15, 0.2) is 0 Å². The summed E-state index contributed by atoms with van der Waals surface area (Å²) in [5.41, 5.74) is 0. The minimum absolute atomic E-state index is 0.835. The molecule has 0 aromatic heterocycles. The number of nitrogens with one attached hydrogen (secondary N) is 1. The van der Waals surface area contributed by atoms with Crippen LogP contribution in [0.25, 0.3) is 0 Å². The van der Waals surface area contributed by atoms with Crippen molar-refractivity contribution in [1.82, 2.24) is 10.2 Å². The highest BCUT2D eigenvalue weighted by molar-refractivity contribution is 4.87. The fraction of sp³-hybridized carbons (Fsp3) is 1.00. The molecule has 1 aliphatic carbocycles. The molecule has 0 bridgehead atoms. The summed E-state index contributed by atoms with van der Waals surface area (Å²) in [4.78, 5) is 2.84. The summed E-state index contributed by atoms with van der Waals surface area (Å²) in [5.74, 6) is 0.846. The molecule has 1 saturated carbocycles. The lowest BCUT2D eigenvalue weighted by Gasteiger charge is -2.34. The van der Waals surface area contributed by atoms with E-state index >= 15 is 0 Å². The van der Waals surface area contributed by atoms with E-state index in [9.17, 15) is 0 Å². The first-order chi connectivity index (χ1) is 7.77. The third-order valence-electron chi connectivity index (χ3n) is 4.26. The summed E-state index contributed by atoms with van der Waals surface area (Å²) < 4.78 is 0. The van der Waals surface area contributed by atoms with E-state index in [1.165, 1.54) is 58.2 Å². The summed E-state index contributed by atoms with van der Waals surface area (Å²) in [6, 6.07) is 1.74. The third-order valence-corrected chi connectivity index (χ3v) is 4.26. The van der Waals surface area contributed by atoms with Crippen LogP contribution in [-0.2, 0) is 0 Å². The van der Waals surface area contributed by atoms with Crippen LogP contribution in [-0.4, -0.2) is 36.6 Å². The Morgan fingerprint density at radius 3 is 2.44 bits per heavy atom. The van der Waals surface area contributed by atoms with Crippen LogP contribution in [0.1, 0.15) is 52.4 Å². The van der Waals surface area contributed by atoms with Gasteiger partial charge in [0.25, 0.3) is 0 Å². The molecule has 1 aliphatic heterocycles. The molecule has 2 fully saturated rings. The van der Waals surface area contributed by atoms with Crippen LogP contribution < -0.4 is 5.32 Å². The van der Waals surface area contributed by atoms with Crippen LogP contribution >= 0.6 is 0 Å². The van der Waals surface area contributed by atoms with E-state index < -0.39 is 0 Å². The normalized spacial score (nSPS) is 27.4. The van der Waals surface area contributed by atoms with Gasteiger partial charge >= 0.3 is 0 Å². The summed E-state index contributed by atoms with van der Waals surface area (Å²) in [6.45, 7) is 8.48. The molecule has 0 spiro atoms. The number of hydrogen-bond donors (Lipinski definition) is 1. The van der Waals surface area contributed by atoms with E-state index in [1.54, 1.807) is 0 Å². The predicted molar refractivity (Wildman–Crippen MR) is 69.7 cm³/mol. The van der Waals surface area contributed by atoms with Gasteiger partial charge in [-0.05, 0) is 44.7 Å². The minimum atomic E-state index is 0.835.